The first-order valence-corrected chi connectivity index (χ1v) is 7.15. The molecule has 0 saturated carbocycles. The van der Waals surface area contributed by atoms with Gasteiger partial charge in [-0.25, -0.2) is 4.39 Å². The Morgan fingerprint density at radius 2 is 2.00 bits per heavy atom. The summed E-state index contributed by atoms with van der Waals surface area (Å²) in [6.07, 6.45) is 0.735. The molecule has 2 atom stereocenters. The van der Waals surface area contributed by atoms with Crippen molar-refractivity contribution < 1.29 is 9.18 Å². The van der Waals surface area contributed by atoms with Crippen molar-refractivity contribution in [3.05, 3.63) is 34.6 Å². The molecule has 0 bridgehead atoms. The minimum absolute atomic E-state index is 0.0428. The molecule has 0 spiro atoms. The van der Waals surface area contributed by atoms with Gasteiger partial charge in [-0.05, 0) is 37.0 Å². The van der Waals surface area contributed by atoms with Gasteiger partial charge in [-0.2, -0.15) is 0 Å². The Morgan fingerprint density at radius 1 is 1.35 bits per heavy atom. The van der Waals surface area contributed by atoms with Crippen LogP contribution in [-0.4, -0.2) is 19.0 Å². The van der Waals surface area contributed by atoms with Gasteiger partial charge in [0.2, 0.25) is 5.91 Å². The van der Waals surface area contributed by atoms with Gasteiger partial charge < -0.3 is 5.32 Å². The zero-order valence-corrected chi connectivity index (χ0v) is 13.1. The molecule has 0 aromatic heterocycles. The molecule has 5 heteroatoms. The maximum atomic E-state index is 13.2. The van der Waals surface area contributed by atoms with Crippen molar-refractivity contribution in [2.45, 2.75) is 39.3 Å². The molecule has 0 heterocycles. The molecule has 20 heavy (non-hydrogen) atoms. The summed E-state index contributed by atoms with van der Waals surface area (Å²) in [4.78, 5) is 11.9. The third-order valence-corrected chi connectivity index (χ3v) is 3.45. The van der Waals surface area contributed by atoms with Gasteiger partial charge in [0.05, 0.1) is 11.1 Å². The van der Waals surface area contributed by atoms with Gasteiger partial charge in [0.1, 0.15) is 5.82 Å². The monoisotopic (exact) mass is 300 g/mol. The van der Waals surface area contributed by atoms with Gasteiger partial charge in [-0.3, -0.25) is 10.1 Å². The van der Waals surface area contributed by atoms with Crippen LogP contribution in [0.15, 0.2) is 18.2 Å². The van der Waals surface area contributed by atoms with Crippen molar-refractivity contribution in [1.29, 1.82) is 0 Å². The van der Waals surface area contributed by atoms with Gasteiger partial charge in [0.15, 0.2) is 0 Å². The van der Waals surface area contributed by atoms with Gasteiger partial charge in [0.25, 0.3) is 0 Å². The highest BCUT2D eigenvalue weighted by Gasteiger charge is 2.21. The van der Waals surface area contributed by atoms with Crippen molar-refractivity contribution in [3.63, 3.8) is 0 Å². The summed E-state index contributed by atoms with van der Waals surface area (Å²) < 4.78 is 13.2. The van der Waals surface area contributed by atoms with Crippen LogP contribution in [0.3, 0.4) is 0 Å². The summed E-state index contributed by atoms with van der Waals surface area (Å²) in [5.41, 5.74) is 0.856. The molecule has 0 saturated heterocycles. The summed E-state index contributed by atoms with van der Waals surface area (Å²) in [5, 5.41) is 6.02. The maximum absolute atomic E-state index is 13.2. The van der Waals surface area contributed by atoms with Crippen LogP contribution in [0.5, 0.6) is 0 Å². The lowest BCUT2D eigenvalue weighted by Crippen LogP contribution is -2.44. The van der Waals surface area contributed by atoms with E-state index in [-0.39, 0.29) is 23.0 Å². The highest BCUT2D eigenvalue weighted by atomic mass is 35.5. The molecular formula is C15H22ClFN2O. The Kier molecular flexibility index (Phi) is 6.43. The lowest BCUT2D eigenvalue weighted by molar-refractivity contribution is -0.123. The van der Waals surface area contributed by atoms with E-state index in [2.05, 4.69) is 24.5 Å². The molecule has 2 unspecified atom stereocenters. The molecule has 1 aromatic rings. The molecule has 1 aromatic carbocycles. The second-order valence-electron chi connectivity index (χ2n) is 5.36. The van der Waals surface area contributed by atoms with E-state index in [4.69, 9.17) is 11.6 Å². The smallest absolute Gasteiger partial charge is 0.236 e. The fourth-order valence-electron chi connectivity index (χ4n) is 2.08. The number of likely N-dealkylation sites (N-methyl/N-ethyl adjacent to an activating group) is 1. The first-order chi connectivity index (χ1) is 9.35. The van der Waals surface area contributed by atoms with E-state index in [0.29, 0.717) is 5.92 Å². The van der Waals surface area contributed by atoms with Crippen molar-refractivity contribution in [2.24, 2.45) is 5.92 Å². The lowest BCUT2D eigenvalue weighted by atomic mass is 10.0. The molecule has 112 valence electrons. The zero-order valence-electron chi connectivity index (χ0n) is 12.3. The van der Waals surface area contributed by atoms with E-state index in [0.717, 1.165) is 12.0 Å². The van der Waals surface area contributed by atoms with Crippen molar-refractivity contribution in [3.8, 4) is 0 Å². The van der Waals surface area contributed by atoms with Crippen LogP contribution in [0.25, 0.3) is 0 Å². The predicted molar refractivity (Wildman–Crippen MR) is 80.3 cm³/mol. The van der Waals surface area contributed by atoms with Crippen LogP contribution in [0.4, 0.5) is 4.39 Å². The summed E-state index contributed by atoms with van der Waals surface area (Å²) in [6, 6.07) is 4.24. The SMILES string of the molecule is CNC(=O)C(CC(C)C)NC(C)c1ccc(F)c(Cl)c1. The van der Waals surface area contributed by atoms with Gasteiger partial charge in [-0.1, -0.05) is 31.5 Å². The number of carbonyl (C=O) groups is 1. The molecule has 1 amide bonds. The predicted octanol–water partition coefficient (Wildman–Crippen LogP) is 3.29. The topological polar surface area (TPSA) is 41.1 Å². The fraction of sp³-hybridized carbons (Fsp3) is 0.533. The molecule has 1 rings (SSSR count). The number of rotatable bonds is 6. The number of halogens is 2. The Hall–Kier alpha value is -1.13. The lowest BCUT2D eigenvalue weighted by Gasteiger charge is -2.24. The first kappa shape index (κ1) is 16.9. The fourth-order valence-corrected chi connectivity index (χ4v) is 2.27. The molecule has 0 aliphatic carbocycles. The minimum Gasteiger partial charge on any atom is -0.358 e. The number of benzene rings is 1. The highest BCUT2D eigenvalue weighted by molar-refractivity contribution is 6.30. The average molecular weight is 301 g/mol. The maximum Gasteiger partial charge on any atom is 0.236 e. The van der Waals surface area contributed by atoms with Crippen LogP contribution in [-0.2, 0) is 4.79 Å². The average Bonchev–Trinajstić information content (AvgIpc) is 2.39. The molecule has 3 nitrogen and oxygen atoms in total. The first-order valence-electron chi connectivity index (χ1n) is 6.77. The third kappa shape index (κ3) is 4.76. The van der Waals surface area contributed by atoms with Gasteiger partial charge >= 0.3 is 0 Å². The van der Waals surface area contributed by atoms with Gasteiger partial charge in [0, 0.05) is 13.1 Å². The van der Waals surface area contributed by atoms with E-state index < -0.39 is 5.82 Å². The summed E-state index contributed by atoms with van der Waals surface area (Å²) in [7, 11) is 1.62. The van der Waals surface area contributed by atoms with Crippen molar-refractivity contribution in [1.82, 2.24) is 10.6 Å². The normalized spacial score (nSPS) is 14.2. The summed E-state index contributed by atoms with van der Waals surface area (Å²) in [6.45, 7) is 6.06. The number of carbonyl (C=O) groups excluding carboxylic acids is 1. The molecule has 0 aliphatic rings. The van der Waals surface area contributed by atoms with Crippen molar-refractivity contribution in [2.75, 3.05) is 7.05 Å². The number of hydrogen-bond donors (Lipinski definition) is 2. The quantitative estimate of drug-likeness (QED) is 0.846. The van der Waals surface area contributed by atoms with E-state index in [9.17, 15) is 9.18 Å². The second-order valence-corrected chi connectivity index (χ2v) is 5.77. The van der Waals surface area contributed by atoms with Gasteiger partial charge in [-0.15, -0.1) is 0 Å². The third-order valence-electron chi connectivity index (χ3n) is 3.16. The Labute approximate surface area is 124 Å². The van der Waals surface area contributed by atoms with E-state index in [1.807, 2.05) is 6.92 Å². The van der Waals surface area contributed by atoms with E-state index >= 15 is 0 Å². The van der Waals surface area contributed by atoms with Crippen molar-refractivity contribution >= 4 is 17.5 Å². The van der Waals surface area contributed by atoms with Crippen LogP contribution < -0.4 is 10.6 Å². The Bertz CT molecular complexity index is 465. The second kappa shape index (κ2) is 7.60. The Morgan fingerprint density at radius 3 is 2.50 bits per heavy atom. The summed E-state index contributed by atoms with van der Waals surface area (Å²) >= 11 is 5.79. The van der Waals surface area contributed by atoms with Crippen LogP contribution in [0.1, 0.15) is 38.8 Å². The molecule has 0 fully saturated rings. The van der Waals surface area contributed by atoms with Crippen LogP contribution >= 0.6 is 11.6 Å². The number of amides is 1. The largest absolute Gasteiger partial charge is 0.358 e. The highest BCUT2D eigenvalue weighted by Crippen LogP contribution is 2.21. The van der Waals surface area contributed by atoms with E-state index in [1.54, 1.807) is 19.2 Å². The number of nitrogens with one attached hydrogen (secondary N) is 2. The molecule has 2 N–H and O–H groups in total. The molecule has 0 radical (unpaired) electrons. The summed E-state index contributed by atoms with van der Waals surface area (Å²) in [5.74, 6) is -0.0831. The van der Waals surface area contributed by atoms with Crippen LogP contribution in [0.2, 0.25) is 5.02 Å². The van der Waals surface area contributed by atoms with E-state index in [1.165, 1.54) is 6.07 Å². The molecular weight excluding hydrogens is 279 g/mol. The van der Waals surface area contributed by atoms with Crippen LogP contribution in [0, 0.1) is 11.7 Å². The molecule has 0 aliphatic heterocycles. The standard InChI is InChI=1S/C15H22ClFN2O/c1-9(2)7-14(15(20)18-4)19-10(3)11-5-6-13(17)12(16)8-11/h5-6,8-10,14,19H,7H2,1-4H3,(H,18,20). The number of hydrogen-bond acceptors (Lipinski definition) is 2. The minimum atomic E-state index is -0.437. The Balaban J connectivity index is 2.81. The zero-order chi connectivity index (χ0) is 15.3.